The SMILES string of the molecule is COC(=O)c1c(C)cccc1NC(=O)N(C)C. The molecule has 0 aromatic heterocycles. The van der Waals surface area contributed by atoms with E-state index in [1.165, 1.54) is 12.0 Å². The van der Waals surface area contributed by atoms with Crippen molar-refractivity contribution in [2.75, 3.05) is 26.5 Å². The van der Waals surface area contributed by atoms with E-state index in [4.69, 9.17) is 4.74 Å². The van der Waals surface area contributed by atoms with Crippen LogP contribution in [0.1, 0.15) is 15.9 Å². The highest BCUT2D eigenvalue weighted by Gasteiger charge is 2.16. The average Bonchev–Trinajstić information content (AvgIpc) is 2.28. The van der Waals surface area contributed by atoms with Crippen LogP contribution >= 0.6 is 0 Å². The Labute approximate surface area is 100 Å². The van der Waals surface area contributed by atoms with Crippen LogP contribution in [-0.4, -0.2) is 38.1 Å². The summed E-state index contributed by atoms with van der Waals surface area (Å²) in [5, 5.41) is 2.65. The van der Waals surface area contributed by atoms with Crippen molar-refractivity contribution in [3.63, 3.8) is 0 Å². The number of esters is 1. The second-order valence-electron chi connectivity index (χ2n) is 3.81. The lowest BCUT2D eigenvalue weighted by atomic mass is 10.1. The van der Waals surface area contributed by atoms with Gasteiger partial charge >= 0.3 is 12.0 Å². The monoisotopic (exact) mass is 236 g/mol. The van der Waals surface area contributed by atoms with Crippen LogP contribution in [0.5, 0.6) is 0 Å². The normalized spacial score (nSPS) is 9.65. The number of hydrogen-bond donors (Lipinski definition) is 1. The van der Waals surface area contributed by atoms with Crippen molar-refractivity contribution in [1.29, 1.82) is 0 Å². The molecule has 0 radical (unpaired) electrons. The Morgan fingerprint density at radius 2 is 1.94 bits per heavy atom. The van der Waals surface area contributed by atoms with Gasteiger partial charge in [0.2, 0.25) is 0 Å². The van der Waals surface area contributed by atoms with E-state index in [0.717, 1.165) is 5.56 Å². The fourth-order valence-corrected chi connectivity index (χ4v) is 1.37. The zero-order chi connectivity index (χ0) is 13.0. The van der Waals surface area contributed by atoms with Crippen LogP contribution in [0.15, 0.2) is 18.2 Å². The smallest absolute Gasteiger partial charge is 0.340 e. The van der Waals surface area contributed by atoms with Gasteiger partial charge in [0.15, 0.2) is 0 Å². The first-order valence-corrected chi connectivity index (χ1v) is 5.13. The number of carbonyl (C=O) groups excluding carboxylic acids is 2. The van der Waals surface area contributed by atoms with Crippen molar-refractivity contribution in [2.45, 2.75) is 6.92 Å². The highest BCUT2D eigenvalue weighted by Crippen LogP contribution is 2.20. The van der Waals surface area contributed by atoms with Crippen molar-refractivity contribution in [3.05, 3.63) is 29.3 Å². The molecule has 92 valence electrons. The lowest BCUT2D eigenvalue weighted by Gasteiger charge is -2.15. The molecule has 1 N–H and O–H groups in total. The first kappa shape index (κ1) is 13.0. The summed E-state index contributed by atoms with van der Waals surface area (Å²) in [6.07, 6.45) is 0. The molecule has 0 atom stereocenters. The average molecular weight is 236 g/mol. The molecule has 0 saturated carbocycles. The molecule has 0 spiro atoms. The fraction of sp³-hybridized carbons (Fsp3) is 0.333. The third-order valence-corrected chi connectivity index (χ3v) is 2.31. The number of ether oxygens (including phenoxy) is 1. The van der Waals surface area contributed by atoms with E-state index in [9.17, 15) is 9.59 Å². The lowest BCUT2D eigenvalue weighted by Crippen LogP contribution is -2.28. The number of rotatable bonds is 2. The zero-order valence-corrected chi connectivity index (χ0v) is 10.4. The number of anilines is 1. The maximum absolute atomic E-state index is 11.6. The Morgan fingerprint density at radius 1 is 1.29 bits per heavy atom. The molecule has 0 aliphatic carbocycles. The summed E-state index contributed by atoms with van der Waals surface area (Å²) in [6.45, 7) is 1.79. The molecule has 0 heterocycles. The van der Waals surface area contributed by atoms with E-state index in [2.05, 4.69) is 5.32 Å². The standard InChI is InChI=1S/C12H16N2O3/c1-8-6-5-7-9(10(8)11(15)17-4)13-12(16)14(2)3/h5-7H,1-4H3,(H,13,16). The lowest BCUT2D eigenvalue weighted by molar-refractivity contribution is 0.0601. The number of aryl methyl sites for hydroxylation is 1. The van der Waals surface area contributed by atoms with Crippen LogP contribution in [0.4, 0.5) is 10.5 Å². The van der Waals surface area contributed by atoms with Crippen LogP contribution in [0.25, 0.3) is 0 Å². The van der Waals surface area contributed by atoms with Gasteiger partial charge in [-0.05, 0) is 18.6 Å². The third-order valence-electron chi connectivity index (χ3n) is 2.31. The summed E-state index contributed by atoms with van der Waals surface area (Å²) in [5.41, 5.74) is 1.59. The van der Waals surface area contributed by atoms with E-state index >= 15 is 0 Å². The maximum atomic E-state index is 11.6. The van der Waals surface area contributed by atoms with Gasteiger partial charge in [0, 0.05) is 14.1 Å². The second kappa shape index (κ2) is 5.34. The van der Waals surface area contributed by atoms with Crippen molar-refractivity contribution in [1.82, 2.24) is 4.90 Å². The molecule has 1 rings (SSSR count). The van der Waals surface area contributed by atoms with Gasteiger partial charge in [-0.15, -0.1) is 0 Å². The zero-order valence-electron chi connectivity index (χ0n) is 10.4. The Balaban J connectivity index is 3.11. The molecule has 0 unspecified atom stereocenters. The predicted octanol–water partition coefficient (Wildman–Crippen LogP) is 1.88. The number of amides is 2. The van der Waals surface area contributed by atoms with E-state index < -0.39 is 5.97 Å². The van der Waals surface area contributed by atoms with Gasteiger partial charge in [-0.2, -0.15) is 0 Å². The Bertz CT molecular complexity index is 441. The minimum atomic E-state index is -0.461. The number of carbonyl (C=O) groups is 2. The molecular formula is C12H16N2O3. The maximum Gasteiger partial charge on any atom is 0.340 e. The third kappa shape index (κ3) is 2.96. The van der Waals surface area contributed by atoms with Gasteiger partial charge in [0.05, 0.1) is 18.4 Å². The van der Waals surface area contributed by atoms with Crippen LogP contribution in [0.2, 0.25) is 0 Å². The molecule has 0 aliphatic rings. The van der Waals surface area contributed by atoms with Gasteiger partial charge in [-0.25, -0.2) is 9.59 Å². The number of benzene rings is 1. The van der Waals surface area contributed by atoms with Gasteiger partial charge in [-0.3, -0.25) is 0 Å². The Kier molecular flexibility index (Phi) is 4.09. The summed E-state index contributed by atoms with van der Waals surface area (Å²) in [4.78, 5) is 24.6. The number of nitrogens with zero attached hydrogens (tertiary/aromatic N) is 1. The fourth-order valence-electron chi connectivity index (χ4n) is 1.37. The molecular weight excluding hydrogens is 220 g/mol. The molecule has 0 fully saturated rings. The summed E-state index contributed by atoms with van der Waals surface area (Å²) in [5.74, 6) is -0.461. The van der Waals surface area contributed by atoms with Gasteiger partial charge < -0.3 is 15.0 Å². The van der Waals surface area contributed by atoms with Gasteiger partial charge in [0.1, 0.15) is 0 Å². The quantitative estimate of drug-likeness (QED) is 0.797. The highest BCUT2D eigenvalue weighted by molar-refractivity contribution is 6.01. The summed E-state index contributed by atoms with van der Waals surface area (Å²) >= 11 is 0. The van der Waals surface area contributed by atoms with E-state index in [1.807, 2.05) is 0 Å². The van der Waals surface area contributed by atoms with Crippen molar-refractivity contribution >= 4 is 17.7 Å². The summed E-state index contributed by atoms with van der Waals surface area (Å²) < 4.78 is 4.70. The topological polar surface area (TPSA) is 58.6 Å². The predicted molar refractivity (Wildman–Crippen MR) is 65.2 cm³/mol. The van der Waals surface area contributed by atoms with E-state index in [1.54, 1.807) is 39.2 Å². The van der Waals surface area contributed by atoms with Gasteiger partial charge in [-0.1, -0.05) is 12.1 Å². The molecule has 5 heteroatoms. The van der Waals surface area contributed by atoms with E-state index in [-0.39, 0.29) is 6.03 Å². The Hall–Kier alpha value is -2.04. The van der Waals surface area contributed by atoms with Crippen LogP contribution < -0.4 is 5.32 Å². The number of urea groups is 1. The molecule has 5 nitrogen and oxygen atoms in total. The largest absolute Gasteiger partial charge is 0.465 e. The minimum Gasteiger partial charge on any atom is -0.465 e. The number of nitrogens with one attached hydrogen (secondary N) is 1. The molecule has 1 aromatic rings. The van der Waals surface area contributed by atoms with Crippen LogP contribution in [0, 0.1) is 6.92 Å². The molecule has 0 aliphatic heterocycles. The van der Waals surface area contributed by atoms with Crippen molar-refractivity contribution < 1.29 is 14.3 Å². The van der Waals surface area contributed by atoms with Gasteiger partial charge in [0.25, 0.3) is 0 Å². The van der Waals surface area contributed by atoms with Crippen LogP contribution in [-0.2, 0) is 4.74 Å². The minimum absolute atomic E-state index is 0.291. The van der Waals surface area contributed by atoms with E-state index in [0.29, 0.717) is 11.3 Å². The number of methoxy groups -OCH3 is 1. The Morgan fingerprint density at radius 3 is 2.47 bits per heavy atom. The van der Waals surface area contributed by atoms with Crippen molar-refractivity contribution in [2.24, 2.45) is 0 Å². The van der Waals surface area contributed by atoms with Crippen molar-refractivity contribution in [3.8, 4) is 0 Å². The first-order chi connectivity index (χ1) is 7.97. The molecule has 17 heavy (non-hydrogen) atoms. The summed E-state index contributed by atoms with van der Waals surface area (Å²) in [7, 11) is 4.57. The first-order valence-electron chi connectivity index (χ1n) is 5.13. The van der Waals surface area contributed by atoms with Crippen LogP contribution in [0.3, 0.4) is 0 Å². The molecule has 2 amide bonds. The molecule has 0 saturated heterocycles. The second-order valence-corrected chi connectivity index (χ2v) is 3.81. The summed E-state index contributed by atoms with van der Waals surface area (Å²) in [6, 6.07) is 4.94. The molecule has 1 aromatic carbocycles. The molecule has 0 bridgehead atoms. The highest BCUT2D eigenvalue weighted by atomic mass is 16.5. The number of hydrogen-bond acceptors (Lipinski definition) is 3.